The van der Waals surface area contributed by atoms with E-state index < -0.39 is 0 Å². The summed E-state index contributed by atoms with van der Waals surface area (Å²) in [5.74, 6) is 1.37. The first-order valence-corrected chi connectivity index (χ1v) is 14.0. The zero-order chi connectivity index (χ0) is 26.9. The van der Waals surface area contributed by atoms with E-state index in [1.165, 1.54) is 6.42 Å². The van der Waals surface area contributed by atoms with Crippen LogP contribution in [0.25, 0.3) is 11.1 Å². The summed E-state index contributed by atoms with van der Waals surface area (Å²) in [6.07, 6.45) is 6.27. The SMILES string of the molecule is C/C(=C(\c1ccc(OCCCN(C)C)cc1)c1ccc(OC(=O)C2CCCCC2)cc1)c1ccc(Cl)cc1. The van der Waals surface area contributed by atoms with Crippen molar-refractivity contribution >= 4 is 28.7 Å². The molecule has 0 heterocycles. The summed E-state index contributed by atoms with van der Waals surface area (Å²) in [5.41, 5.74) is 5.48. The smallest absolute Gasteiger partial charge is 0.314 e. The number of benzene rings is 3. The lowest BCUT2D eigenvalue weighted by Gasteiger charge is -2.20. The molecule has 1 aliphatic carbocycles. The number of hydrogen-bond acceptors (Lipinski definition) is 4. The third-order valence-electron chi connectivity index (χ3n) is 7.11. The van der Waals surface area contributed by atoms with Crippen molar-refractivity contribution in [1.29, 1.82) is 0 Å². The Morgan fingerprint density at radius 2 is 1.37 bits per heavy atom. The van der Waals surface area contributed by atoms with Crippen molar-refractivity contribution in [3.8, 4) is 11.5 Å². The quantitative estimate of drug-likeness (QED) is 0.114. The van der Waals surface area contributed by atoms with Crippen LogP contribution in [0, 0.1) is 5.92 Å². The maximum absolute atomic E-state index is 12.6. The molecule has 0 saturated heterocycles. The van der Waals surface area contributed by atoms with Crippen LogP contribution < -0.4 is 9.47 Å². The number of halogens is 1. The Balaban J connectivity index is 1.57. The molecule has 0 bridgehead atoms. The highest BCUT2D eigenvalue weighted by Gasteiger charge is 2.23. The van der Waals surface area contributed by atoms with Gasteiger partial charge in [0, 0.05) is 11.6 Å². The second-order valence-electron chi connectivity index (χ2n) is 10.3. The van der Waals surface area contributed by atoms with Gasteiger partial charge in [0.15, 0.2) is 0 Å². The van der Waals surface area contributed by atoms with Gasteiger partial charge in [0.1, 0.15) is 11.5 Å². The molecule has 3 aromatic carbocycles. The molecule has 1 saturated carbocycles. The van der Waals surface area contributed by atoms with Crippen LogP contribution >= 0.6 is 11.6 Å². The highest BCUT2D eigenvalue weighted by molar-refractivity contribution is 6.30. The van der Waals surface area contributed by atoms with E-state index in [4.69, 9.17) is 21.1 Å². The molecule has 0 N–H and O–H groups in total. The standard InChI is InChI=1S/C33H38ClNO3/c1-24(25-10-16-29(34)17-11-25)32(26-12-18-30(19-13-26)37-23-7-22-35(2)3)27-14-20-31(21-15-27)38-33(36)28-8-5-4-6-9-28/h10-21,28H,4-9,22-23H2,1-3H3/b32-24-. The normalized spacial score (nSPS) is 14.8. The topological polar surface area (TPSA) is 38.8 Å². The van der Waals surface area contributed by atoms with Gasteiger partial charge in [-0.3, -0.25) is 4.79 Å². The van der Waals surface area contributed by atoms with Crippen LogP contribution in [-0.4, -0.2) is 38.1 Å². The van der Waals surface area contributed by atoms with Gasteiger partial charge in [-0.05, 0) is 105 Å². The number of rotatable bonds is 10. The van der Waals surface area contributed by atoms with Crippen LogP contribution in [-0.2, 0) is 4.79 Å². The molecule has 5 heteroatoms. The number of hydrogen-bond donors (Lipinski definition) is 0. The van der Waals surface area contributed by atoms with E-state index in [1.807, 2.05) is 60.7 Å². The summed E-state index contributed by atoms with van der Waals surface area (Å²) in [5, 5.41) is 0.711. The van der Waals surface area contributed by atoms with Crippen molar-refractivity contribution in [2.24, 2.45) is 5.92 Å². The van der Waals surface area contributed by atoms with Gasteiger partial charge in [-0.25, -0.2) is 0 Å². The van der Waals surface area contributed by atoms with Crippen LogP contribution in [0.2, 0.25) is 5.02 Å². The Bertz CT molecular complexity index is 1210. The lowest BCUT2D eigenvalue weighted by Crippen LogP contribution is -2.22. The second-order valence-corrected chi connectivity index (χ2v) is 10.8. The summed E-state index contributed by atoms with van der Waals surface area (Å²) < 4.78 is 11.7. The highest BCUT2D eigenvalue weighted by atomic mass is 35.5. The van der Waals surface area contributed by atoms with Crippen molar-refractivity contribution in [3.05, 3.63) is 94.5 Å². The van der Waals surface area contributed by atoms with Gasteiger partial charge in [0.05, 0.1) is 12.5 Å². The van der Waals surface area contributed by atoms with Crippen LogP contribution in [0.4, 0.5) is 0 Å². The third kappa shape index (κ3) is 7.72. The fourth-order valence-corrected chi connectivity index (χ4v) is 5.09. The van der Waals surface area contributed by atoms with Crippen LogP contribution in [0.3, 0.4) is 0 Å². The van der Waals surface area contributed by atoms with Gasteiger partial charge in [0.2, 0.25) is 0 Å². The minimum Gasteiger partial charge on any atom is -0.494 e. The first-order valence-electron chi connectivity index (χ1n) is 13.6. The summed E-state index contributed by atoms with van der Waals surface area (Å²) >= 11 is 6.16. The maximum Gasteiger partial charge on any atom is 0.314 e. The number of ether oxygens (including phenoxy) is 2. The predicted molar refractivity (Wildman–Crippen MR) is 157 cm³/mol. The van der Waals surface area contributed by atoms with Gasteiger partial charge >= 0.3 is 5.97 Å². The number of esters is 1. The largest absolute Gasteiger partial charge is 0.494 e. The average Bonchev–Trinajstić information content (AvgIpc) is 2.93. The van der Waals surface area contributed by atoms with Gasteiger partial charge in [0.25, 0.3) is 0 Å². The molecule has 200 valence electrons. The van der Waals surface area contributed by atoms with E-state index in [-0.39, 0.29) is 11.9 Å². The Morgan fingerprint density at radius 1 is 0.816 bits per heavy atom. The monoisotopic (exact) mass is 531 g/mol. The molecule has 0 amide bonds. The van der Waals surface area contributed by atoms with E-state index >= 15 is 0 Å². The molecule has 0 radical (unpaired) electrons. The van der Waals surface area contributed by atoms with Crippen molar-refractivity contribution in [3.63, 3.8) is 0 Å². The molecule has 1 fully saturated rings. The van der Waals surface area contributed by atoms with Gasteiger partial charge in [-0.1, -0.05) is 67.3 Å². The number of nitrogens with zero attached hydrogens (tertiary/aromatic N) is 1. The highest BCUT2D eigenvalue weighted by Crippen LogP contribution is 2.34. The fraction of sp³-hybridized carbons (Fsp3) is 0.364. The minimum absolute atomic E-state index is 0.0228. The first-order chi connectivity index (χ1) is 18.4. The Hall–Kier alpha value is -3.08. The lowest BCUT2D eigenvalue weighted by molar-refractivity contribution is -0.139. The second kappa shape index (κ2) is 13.6. The molecule has 38 heavy (non-hydrogen) atoms. The van der Waals surface area contributed by atoms with E-state index in [0.29, 0.717) is 17.4 Å². The van der Waals surface area contributed by atoms with Crippen LogP contribution in [0.15, 0.2) is 72.8 Å². The Labute approximate surface area is 232 Å². The molecule has 3 aromatic rings. The molecular weight excluding hydrogens is 494 g/mol. The van der Waals surface area contributed by atoms with Crippen molar-refractivity contribution < 1.29 is 14.3 Å². The molecule has 0 spiro atoms. The molecule has 1 aliphatic rings. The van der Waals surface area contributed by atoms with Gasteiger partial charge < -0.3 is 14.4 Å². The summed E-state index contributed by atoms with van der Waals surface area (Å²) in [6, 6.07) is 24.0. The number of carbonyl (C=O) groups is 1. The molecular formula is C33H38ClNO3. The van der Waals surface area contributed by atoms with E-state index in [9.17, 15) is 4.79 Å². The number of allylic oxidation sites excluding steroid dienone is 1. The lowest BCUT2D eigenvalue weighted by atomic mass is 9.89. The van der Waals surface area contributed by atoms with Crippen LogP contribution in [0.5, 0.6) is 11.5 Å². The average molecular weight is 532 g/mol. The Kier molecular flexibility index (Phi) is 10.0. The zero-order valence-electron chi connectivity index (χ0n) is 22.7. The third-order valence-corrected chi connectivity index (χ3v) is 7.37. The van der Waals surface area contributed by atoms with Crippen molar-refractivity contribution in [2.75, 3.05) is 27.2 Å². The van der Waals surface area contributed by atoms with E-state index in [1.54, 1.807) is 0 Å². The van der Waals surface area contributed by atoms with Crippen molar-refractivity contribution in [2.45, 2.75) is 45.4 Å². The van der Waals surface area contributed by atoms with Gasteiger partial charge in [-0.2, -0.15) is 0 Å². The van der Waals surface area contributed by atoms with E-state index in [0.717, 1.165) is 72.2 Å². The predicted octanol–water partition coefficient (Wildman–Crippen LogP) is 8.14. The number of carbonyl (C=O) groups excluding carboxylic acids is 1. The van der Waals surface area contributed by atoms with E-state index in [2.05, 4.69) is 38.1 Å². The molecule has 0 unspecified atom stereocenters. The molecule has 0 aromatic heterocycles. The molecule has 0 aliphatic heterocycles. The maximum atomic E-state index is 12.6. The molecule has 4 rings (SSSR count). The fourth-order valence-electron chi connectivity index (χ4n) is 4.96. The zero-order valence-corrected chi connectivity index (χ0v) is 23.5. The summed E-state index contributed by atoms with van der Waals surface area (Å²) in [6.45, 7) is 3.81. The van der Waals surface area contributed by atoms with Crippen molar-refractivity contribution in [1.82, 2.24) is 4.90 Å². The van der Waals surface area contributed by atoms with Gasteiger partial charge in [-0.15, -0.1) is 0 Å². The minimum atomic E-state index is -0.105. The first kappa shape index (κ1) is 27.9. The summed E-state index contributed by atoms with van der Waals surface area (Å²) in [4.78, 5) is 14.8. The molecule has 0 atom stereocenters. The van der Waals surface area contributed by atoms with Crippen LogP contribution in [0.1, 0.15) is 62.1 Å². The Morgan fingerprint density at radius 3 is 1.95 bits per heavy atom. The summed E-state index contributed by atoms with van der Waals surface area (Å²) in [7, 11) is 4.14. The molecule has 4 nitrogen and oxygen atoms in total.